The molecule has 0 unspecified atom stereocenters. The zero-order valence-corrected chi connectivity index (χ0v) is 11.6. The van der Waals surface area contributed by atoms with E-state index in [9.17, 15) is 4.79 Å². The third-order valence-corrected chi connectivity index (χ3v) is 3.51. The van der Waals surface area contributed by atoms with Crippen LogP contribution < -0.4 is 0 Å². The smallest absolute Gasteiger partial charge is 0.331 e. The van der Waals surface area contributed by atoms with Crippen LogP contribution in [0, 0.1) is 0 Å². The summed E-state index contributed by atoms with van der Waals surface area (Å²) in [5.41, 5.74) is 1.50. The molecule has 1 saturated heterocycles. The molecule has 1 aromatic carbocycles. The number of amides is 1. The predicted octanol–water partition coefficient (Wildman–Crippen LogP) is 2.59. The second-order valence-electron chi connectivity index (χ2n) is 5.53. The van der Waals surface area contributed by atoms with Crippen LogP contribution in [0.5, 0.6) is 0 Å². The van der Waals surface area contributed by atoms with Gasteiger partial charge in [-0.2, -0.15) is 0 Å². The second-order valence-corrected chi connectivity index (χ2v) is 5.53. The van der Waals surface area contributed by atoms with Gasteiger partial charge in [-0.25, -0.2) is 9.78 Å². The summed E-state index contributed by atoms with van der Waals surface area (Å²) in [6.45, 7) is 4.86. The minimum atomic E-state index is -0.283. The number of aromatic nitrogens is 2. The second kappa shape index (κ2) is 4.76. The van der Waals surface area contributed by atoms with Crippen molar-refractivity contribution < 1.29 is 9.53 Å². The molecule has 0 atom stereocenters. The number of imidazole rings is 1. The summed E-state index contributed by atoms with van der Waals surface area (Å²) in [7, 11) is 0. The van der Waals surface area contributed by atoms with E-state index in [1.807, 2.05) is 44.2 Å². The molecule has 2 heterocycles. The fourth-order valence-corrected chi connectivity index (χ4v) is 2.28. The average Bonchev–Trinajstić information content (AvgIpc) is 3.05. The molecule has 0 aliphatic carbocycles. The Morgan fingerprint density at radius 2 is 2.05 bits per heavy atom. The molecule has 1 amide bonds. The Balaban J connectivity index is 1.86. The summed E-state index contributed by atoms with van der Waals surface area (Å²) in [6.07, 6.45) is 3.31. The number of rotatable bonds is 1. The Bertz CT molecular complexity index is 619. The maximum Gasteiger partial charge on any atom is 0.331 e. The highest BCUT2D eigenvalue weighted by Crippen LogP contribution is 2.23. The van der Waals surface area contributed by atoms with Gasteiger partial charge in [-0.3, -0.25) is 9.47 Å². The van der Waals surface area contributed by atoms with Crippen LogP contribution >= 0.6 is 0 Å². The molecule has 5 heteroatoms. The van der Waals surface area contributed by atoms with Gasteiger partial charge in [0, 0.05) is 11.8 Å². The van der Waals surface area contributed by atoms with Crippen molar-refractivity contribution in [2.24, 2.45) is 0 Å². The van der Waals surface area contributed by atoms with Crippen molar-refractivity contribution in [3.63, 3.8) is 0 Å². The van der Waals surface area contributed by atoms with Crippen molar-refractivity contribution in [1.29, 1.82) is 0 Å². The molecule has 1 aromatic heterocycles. The predicted molar refractivity (Wildman–Crippen MR) is 75.2 cm³/mol. The first kappa shape index (κ1) is 12.9. The van der Waals surface area contributed by atoms with Gasteiger partial charge >= 0.3 is 6.03 Å². The number of nitrogens with zero attached hydrogens (tertiary/aromatic N) is 3. The Kier molecular flexibility index (Phi) is 3.06. The molecule has 104 valence electrons. The van der Waals surface area contributed by atoms with Crippen LogP contribution in [0.1, 0.15) is 13.8 Å². The van der Waals surface area contributed by atoms with Gasteiger partial charge in [-0.15, -0.1) is 0 Å². The first-order chi connectivity index (χ1) is 9.58. The summed E-state index contributed by atoms with van der Waals surface area (Å²) in [5.74, 6) is 0. The van der Waals surface area contributed by atoms with E-state index in [2.05, 4.69) is 4.98 Å². The Hall–Kier alpha value is -2.14. The first-order valence-corrected chi connectivity index (χ1v) is 6.57. The third-order valence-electron chi connectivity index (χ3n) is 3.51. The lowest BCUT2D eigenvalue weighted by molar-refractivity contribution is 0.140. The van der Waals surface area contributed by atoms with Gasteiger partial charge in [-0.1, -0.05) is 30.3 Å². The fraction of sp³-hybridized carbons (Fsp3) is 0.333. The molecule has 0 spiro atoms. The first-order valence-electron chi connectivity index (χ1n) is 6.57. The summed E-state index contributed by atoms with van der Waals surface area (Å²) in [5, 5.41) is 0. The van der Waals surface area contributed by atoms with Crippen molar-refractivity contribution in [1.82, 2.24) is 14.5 Å². The quantitative estimate of drug-likeness (QED) is 0.801. The molecule has 5 nitrogen and oxygen atoms in total. The molecular formula is C15H17N3O2. The van der Waals surface area contributed by atoms with Crippen molar-refractivity contribution in [3.05, 3.63) is 42.9 Å². The van der Waals surface area contributed by atoms with Crippen LogP contribution in [0.25, 0.3) is 11.3 Å². The average molecular weight is 271 g/mol. The number of carbonyl (C=O) groups excluding carboxylic acids is 1. The van der Waals surface area contributed by atoms with Gasteiger partial charge in [0.1, 0.15) is 13.1 Å². The van der Waals surface area contributed by atoms with E-state index in [-0.39, 0.29) is 11.6 Å². The van der Waals surface area contributed by atoms with E-state index in [4.69, 9.17) is 4.74 Å². The minimum Gasteiger partial charge on any atom is -0.359 e. The highest BCUT2D eigenvalue weighted by Gasteiger charge is 2.37. The van der Waals surface area contributed by atoms with E-state index >= 15 is 0 Å². The van der Waals surface area contributed by atoms with Gasteiger partial charge in [0.25, 0.3) is 0 Å². The van der Waals surface area contributed by atoms with E-state index in [0.29, 0.717) is 13.3 Å². The molecule has 3 rings (SSSR count). The van der Waals surface area contributed by atoms with E-state index in [0.717, 1.165) is 11.3 Å². The summed E-state index contributed by atoms with van der Waals surface area (Å²) in [6, 6.07) is 9.69. The highest BCUT2D eigenvalue weighted by molar-refractivity contribution is 5.79. The largest absolute Gasteiger partial charge is 0.359 e. The lowest BCUT2D eigenvalue weighted by Crippen LogP contribution is -2.45. The summed E-state index contributed by atoms with van der Waals surface area (Å²) < 4.78 is 6.89. The van der Waals surface area contributed by atoms with Crippen molar-refractivity contribution in [3.8, 4) is 11.3 Å². The lowest BCUT2D eigenvalue weighted by atomic mass is 10.1. The summed E-state index contributed by atoms with van der Waals surface area (Å²) >= 11 is 0. The van der Waals surface area contributed by atoms with Crippen molar-refractivity contribution in [2.45, 2.75) is 19.4 Å². The number of ether oxygens (including phenoxy) is 1. The number of hydrogen-bond donors (Lipinski definition) is 0. The Labute approximate surface area is 117 Å². The van der Waals surface area contributed by atoms with Gasteiger partial charge in [0.15, 0.2) is 0 Å². The van der Waals surface area contributed by atoms with Gasteiger partial charge in [0.05, 0.1) is 17.8 Å². The van der Waals surface area contributed by atoms with E-state index in [1.165, 1.54) is 4.57 Å². The number of hydrogen-bond acceptors (Lipinski definition) is 3. The number of carbonyl (C=O) groups is 1. The fourth-order valence-electron chi connectivity index (χ4n) is 2.28. The standard InChI is InChI=1S/C15H17N3O2/c1-15(2)9-20-11-18(15)14(19)17-8-13(16-10-17)12-6-4-3-5-7-12/h3-8,10H,9,11H2,1-2H3. The Morgan fingerprint density at radius 3 is 2.70 bits per heavy atom. The third kappa shape index (κ3) is 2.20. The van der Waals surface area contributed by atoms with Crippen molar-refractivity contribution in [2.75, 3.05) is 13.3 Å². The molecule has 1 aliphatic rings. The normalized spacial score (nSPS) is 17.4. The van der Waals surface area contributed by atoms with Crippen LogP contribution in [-0.2, 0) is 4.74 Å². The van der Waals surface area contributed by atoms with Gasteiger partial charge in [0.2, 0.25) is 0 Å². The summed E-state index contributed by atoms with van der Waals surface area (Å²) in [4.78, 5) is 18.5. The van der Waals surface area contributed by atoms with Crippen molar-refractivity contribution >= 4 is 6.03 Å². The lowest BCUT2D eigenvalue weighted by Gasteiger charge is -2.28. The minimum absolute atomic E-state index is 0.109. The van der Waals surface area contributed by atoms with Gasteiger partial charge in [-0.05, 0) is 13.8 Å². The Morgan fingerprint density at radius 1 is 1.30 bits per heavy atom. The van der Waals surface area contributed by atoms with Gasteiger partial charge < -0.3 is 4.74 Å². The van der Waals surface area contributed by atoms with Crippen LogP contribution in [0.4, 0.5) is 4.79 Å². The molecule has 0 saturated carbocycles. The molecule has 0 radical (unpaired) electrons. The van der Waals surface area contributed by atoms with Crippen LogP contribution in [0.15, 0.2) is 42.9 Å². The maximum absolute atomic E-state index is 12.5. The zero-order valence-electron chi connectivity index (χ0n) is 11.6. The van der Waals surface area contributed by atoms with E-state index in [1.54, 1.807) is 17.4 Å². The zero-order chi connectivity index (χ0) is 14.2. The molecule has 0 bridgehead atoms. The molecule has 0 N–H and O–H groups in total. The van der Waals surface area contributed by atoms with E-state index < -0.39 is 0 Å². The highest BCUT2D eigenvalue weighted by atomic mass is 16.5. The van der Waals surface area contributed by atoms with Crippen LogP contribution in [0.2, 0.25) is 0 Å². The SMILES string of the molecule is CC1(C)COCN1C(=O)n1cnc(-c2ccccc2)c1. The molecule has 1 aliphatic heterocycles. The maximum atomic E-state index is 12.5. The number of benzene rings is 1. The molecule has 1 fully saturated rings. The van der Waals surface area contributed by atoms with Crippen LogP contribution in [-0.4, -0.2) is 39.4 Å². The monoisotopic (exact) mass is 271 g/mol. The molecular weight excluding hydrogens is 254 g/mol. The topological polar surface area (TPSA) is 47.4 Å². The van der Waals surface area contributed by atoms with Crippen LogP contribution in [0.3, 0.4) is 0 Å². The molecule has 20 heavy (non-hydrogen) atoms. The molecule has 2 aromatic rings.